The Labute approximate surface area is 144 Å². The summed E-state index contributed by atoms with van der Waals surface area (Å²) in [5.41, 5.74) is 7.36. The largest absolute Gasteiger partial charge is 0.467 e. The molecule has 2 aromatic heterocycles. The molecule has 3 heterocycles. The zero-order valence-corrected chi connectivity index (χ0v) is 14.0. The molecule has 3 aromatic rings. The van der Waals surface area contributed by atoms with Crippen molar-refractivity contribution < 1.29 is 9.53 Å². The van der Waals surface area contributed by atoms with Crippen LogP contribution in [0.4, 0.5) is 0 Å². The van der Waals surface area contributed by atoms with Crippen LogP contribution < -0.4 is 15.8 Å². The van der Waals surface area contributed by atoms with Gasteiger partial charge in [0.2, 0.25) is 0 Å². The van der Waals surface area contributed by atoms with Crippen molar-refractivity contribution in [3.8, 4) is 6.01 Å². The molecule has 0 spiro atoms. The molecule has 0 radical (unpaired) electrons. The topological polar surface area (TPSA) is 108 Å². The minimum absolute atomic E-state index is 0.281. The number of amides is 1. The standard InChI is InChI=1S/C17H20N6O2/c1-25-17-20-8-11-2-3-12-14(16(18)24)22-23(15(12)13(11)21-17)9-10-4-6-19-7-5-10/h2-3,8,10,19H,4-7,9H2,1H3,(H2,18,24). The van der Waals surface area contributed by atoms with Crippen molar-refractivity contribution >= 4 is 27.7 Å². The van der Waals surface area contributed by atoms with Gasteiger partial charge in [0.1, 0.15) is 5.52 Å². The Morgan fingerprint density at radius 3 is 2.92 bits per heavy atom. The first kappa shape index (κ1) is 15.8. The summed E-state index contributed by atoms with van der Waals surface area (Å²) in [4.78, 5) is 20.5. The van der Waals surface area contributed by atoms with E-state index in [2.05, 4.69) is 20.4 Å². The van der Waals surface area contributed by atoms with Crippen molar-refractivity contribution in [1.82, 2.24) is 25.1 Å². The van der Waals surface area contributed by atoms with E-state index in [1.807, 2.05) is 16.8 Å². The summed E-state index contributed by atoms with van der Waals surface area (Å²) in [6.45, 7) is 2.74. The fourth-order valence-electron chi connectivity index (χ4n) is 3.46. The van der Waals surface area contributed by atoms with Crippen LogP contribution in [0.1, 0.15) is 23.3 Å². The quantitative estimate of drug-likeness (QED) is 0.736. The number of piperidine rings is 1. The third kappa shape index (κ3) is 2.78. The Bertz CT molecular complexity index is 945. The van der Waals surface area contributed by atoms with Gasteiger partial charge in [0.05, 0.1) is 12.6 Å². The minimum atomic E-state index is -0.533. The lowest BCUT2D eigenvalue weighted by Crippen LogP contribution is -2.30. The molecule has 8 nitrogen and oxygen atoms in total. The number of carbonyl (C=O) groups is 1. The predicted molar refractivity (Wildman–Crippen MR) is 93.5 cm³/mol. The molecule has 0 bridgehead atoms. The van der Waals surface area contributed by atoms with E-state index in [-0.39, 0.29) is 11.7 Å². The molecule has 0 unspecified atom stereocenters. The number of rotatable bonds is 4. The molecule has 1 aliphatic rings. The summed E-state index contributed by atoms with van der Waals surface area (Å²) in [7, 11) is 1.53. The van der Waals surface area contributed by atoms with Crippen LogP contribution in [0.15, 0.2) is 18.3 Å². The van der Waals surface area contributed by atoms with Crippen LogP contribution >= 0.6 is 0 Å². The highest BCUT2D eigenvalue weighted by molar-refractivity contribution is 6.11. The van der Waals surface area contributed by atoms with E-state index >= 15 is 0 Å². The molecule has 1 fully saturated rings. The molecule has 1 aliphatic heterocycles. The van der Waals surface area contributed by atoms with E-state index < -0.39 is 5.91 Å². The van der Waals surface area contributed by atoms with Gasteiger partial charge in [0.15, 0.2) is 5.69 Å². The van der Waals surface area contributed by atoms with Crippen molar-refractivity contribution in [3.05, 3.63) is 24.0 Å². The Balaban J connectivity index is 1.92. The zero-order valence-electron chi connectivity index (χ0n) is 14.0. The van der Waals surface area contributed by atoms with Gasteiger partial charge in [-0.2, -0.15) is 10.1 Å². The number of ether oxygens (including phenoxy) is 1. The average molecular weight is 340 g/mol. The molecule has 1 saturated heterocycles. The van der Waals surface area contributed by atoms with Crippen LogP contribution in [0, 0.1) is 5.92 Å². The smallest absolute Gasteiger partial charge is 0.316 e. The van der Waals surface area contributed by atoms with E-state index in [1.165, 1.54) is 7.11 Å². The number of nitrogens with zero attached hydrogens (tertiary/aromatic N) is 4. The van der Waals surface area contributed by atoms with Gasteiger partial charge in [0.25, 0.3) is 5.91 Å². The third-order valence-corrected chi connectivity index (χ3v) is 4.74. The molecule has 0 aliphatic carbocycles. The normalized spacial score (nSPS) is 15.7. The van der Waals surface area contributed by atoms with E-state index in [9.17, 15) is 4.79 Å². The molecule has 130 valence electrons. The van der Waals surface area contributed by atoms with Crippen LogP contribution in [-0.2, 0) is 6.54 Å². The van der Waals surface area contributed by atoms with Gasteiger partial charge in [-0.3, -0.25) is 9.48 Å². The lowest BCUT2D eigenvalue weighted by Gasteiger charge is -2.22. The summed E-state index contributed by atoms with van der Waals surface area (Å²) in [6.07, 6.45) is 3.87. The number of primary amides is 1. The van der Waals surface area contributed by atoms with E-state index in [4.69, 9.17) is 10.5 Å². The fraction of sp³-hybridized carbons (Fsp3) is 0.412. The second-order valence-corrected chi connectivity index (χ2v) is 6.34. The van der Waals surface area contributed by atoms with E-state index in [1.54, 1.807) is 6.20 Å². The van der Waals surface area contributed by atoms with Gasteiger partial charge >= 0.3 is 6.01 Å². The van der Waals surface area contributed by atoms with Crippen molar-refractivity contribution in [1.29, 1.82) is 0 Å². The third-order valence-electron chi connectivity index (χ3n) is 4.74. The highest BCUT2D eigenvalue weighted by atomic mass is 16.5. The minimum Gasteiger partial charge on any atom is -0.467 e. The maximum atomic E-state index is 11.9. The van der Waals surface area contributed by atoms with Gasteiger partial charge in [-0.15, -0.1) is 0 Å². The second kappa shape index (κ2) is 6.29. The van der Waals surface area contributed by atoms with E-state index in [0.717, 1.165) is 54.3 Å². The fourth-order valence-corrected chi connectivity index (χ4v) is 3.46. The first-order chi connectivity index (χ1) is 12.2. The molecule has 3 N–H and O–H groups in total. The molecule has 4 rings (SSSR count). The molecule has 1 amide bonds. The number of hydrogen-bond donors (Lipinski definition) is 2. The molecule has 8 heteroatoms. The number of nitrogens with one attached hydrogen (secondary N) is 1. The number of fused-ring (bicyclic) bond motifs is 3. The van der Waals surface area contributed by atoms with Crippen LogP contribution in [-0.4, -0.2) is 45.9 Å². The maximum Gasteiger partial charge on any atom is 0.316 e. The number of benzene rings is 1. The summed E-state index contributed by atoms with van der Waals surface area (Å²) in [6, 6.07) is 4.02. The molecule has 0 atom stereocenters. The summed E-state index contributed by atoms with van der Waals surface area (Å²) < 4.78 is 7.04. The molecular weight excluding hydrogens is 320 g/mol. The lowest BCUT2D eigenvalue weighted by molar-refractivity contribution is 0.0996. The van der Waals surface area contributed by atoms with Gasteiger partial charge in [-0.1, -0.05) is 6.07 Å². The SMILES string of the molecule is COc1ncc2ccc3c(C(N)=O)nn(CC4CCNCC4)c3c2n1. The van der Waals surface area contributed by atoms with Crippen molar-refractivity contribution in [2.75, 3.05) is 20.2 Å². The van der Waals surface area contributed by atoms with Crippen molar-refractivity contribution in [2.45, 2.75) is 19.4 Å². The van der Waals surface area contributed by atoms with Gasteiger partial charge in [-0.05, 0) is 37.9 Å². The summed E-state index contributed by atoms with van der Waals surface area (Å²) in [5.74, 6) is -0.0292. The lowest BCUT2D eigenvalue weighted by atomic mass is 9.98. The molecule has 1 aromatic carbocycles. The Kier molecular flexibility index (Phi) is 3.96. The maximum absolute atomic E-state index is 11.9. The van der Waals surface area contributed by atoms with Crippen LogP contribution in [0.3, 0.4) is 0 Å². The number of methoxy groups -OCH3 is 1. The molecule has 0 saturated carbocycles. The van der Waals surface area contributed by atoms with Crippen LogP contribution in [0.2, 0.25) is 0 Å². The van der Waals surface area contributed by atoms with E-state index in [0.29, 0.717) is 5.92 Å². The van der Waals surface area contributed by atoms with Gasteiger partial charge in [-0.25, -0.2) is 4.98 Å². The van der Waals surface area contributed by atoms with Gasteiger partial charge in [0, 0.05) is 23.5 Å². The molecular formula is C17H20N6O2. The first-order valence-electron chi connectivity index (χ1n) is 8.38. The average Bonchev–Trinajstić information content (AvgIpc) is 3.01. The number of nitrogens with two attached hydrogens (primary N) is 1. The summed E-state index contributed by atoms with van der Waals surface area (Å²) in [5, 5.41) is 9.46. The highest BCUT2D eigenvalue weighted by Crippen LogP contribution is 2.28. The zero-order chi connectivity index (χ0) is 17.4. The Hall–Kier alpha value is -2.74. The number of hydrogen-bond acceptors (Lipinski definition) is 6. The molecule has 25 heavy (non-hydrogen) atoms. The Morgan fingerprint density at radius 1 is 1.40 bits per heavy atom. The predicted octanol–water partition coefficient (Wildman–Crippen LogP) is 1.09. The first-order valence-corrected chi connectivity index (χ1v) is 8.38. The Morgan fingerprint density at radius 2 is 2.20 bits per heavy atom. The summed E-state index contributed by atoms with van der Waals surface area (Å²) >= 11 is 0. The monoisotopic (exact) mass is 340 g/mol. The number of carbonyl (C=O) groups excluding carboxylic acids is 1. The van der Waals surface area contributed by atoms with Crippen LogP contribution in [0.25, 0.3) is 21.8 Å². The van der Waals surface area contributed by atoms with Crippen LogP contribution in [0.5, 0.6) is 6.01 Å². The number of aromatic nitrogens is 4. The van der Waals surface area contributed by atoms with Gasteiger partial charge < -0.3 is 15.8 Å². The second-order valence-electron chi connectivity index (χ2n) is 6.34. The highest BCUT2D eigenvalue weighted by Gasteiger charge is 2.21. The van der Waals surface area contributed by atoms with Crippen molar-refractivity contribution in [3.63, 3.8) is 0 Å². The van der Waals surface area contributed by atoms with Crippen molar-refractivity contribution in [2.24, 2.45) is 11.7 Å².